The fraction of sp³-hybridized carbons (Fsp3) is 0.435. The van der Waals surface area contributed by atoms with Crippen LogP contribution in [0, 0.1) is 0 Å². The van der Waals surface area contributed by atoms with E-state index in [2.05, 4.69) is 31.2 Å². The zero-order chi connectivity index (χ0) is 19.1. The molecule has 0 spiro atoms. The van der Waals surface area contributed by atoms with Crippen LogP contribution in [0.3, 0.4) is 0 Å². The van der Waals surface area contributed by atoms with Gasteiger partial charge < -0.3 is 14.4 Å². The van der Waals surface area contributed by atoms with Gasteiger partial charge in [-0.2, -0.15) is 0 Å². The monoisotopic (exact) mass is 367 g/mol. The van der Waals surface area contributed by atoms with Crippen molar-refractivity contribution in [1.29, 1.82) is 0 Å². The molecule has 1 atom stereocenters. The van der Waals surface area contributed by atoms with Gasteiger partial charge in [-0.1, -0.05) is 37.3 Å². The topological polar surface area (TPSA) is 38.8 Å². The van der Waals surface area contributed by atoms with Crippen molar-refractivity contribution < 1.29 is 14.3 Å². The van der Waals surface area contributed by atoms with Gasteiger partial charge in [0, 0.05) is 18.2 Å². The summed E-state index contributed by atoms with van der Waals surface area (Å²) >= 11 is 0. The van der Waals surface area contributed by atoms with E-state index in [1.165, 1.54) is 5.56 Å². The molecule has 0 N–H and O–H groups in total. The second kappa shape index (κ2) is 9.45. The van der Waals surface area contributed by atoms with Crippen LogP contribution in [0.4, 0.5) is 0 Å². The van der Waals surface area contributed by atoms with Gasteiger partial charge in [0.1, 0.15) is 0 Å². The largest absolute Gasteiger partial charge is 0.490 e. The highest BCUT2D eigenvalue weighted by atomic mass is 16.5. The van der Waals surface area contributed by atoms with E-state index in [1.54, 1.807) is 0 Å². The lowest BCUT2D eigenvalue weighted by Gasteiger charge is -2.25. The molecule has 1 saturated heterocycles. The van der Waals surface area contributed by atoms with E-state index >= 15 is 0 Å². The number of rotatable bonds is 8. The summed E-state index contributed by atoms with van der Waals surface area (Å²) in [5.41, 5.74) is 1.95. The molecule has 1 fully saturated rings. The molecule has 2 aromatic carbocycles. The molecular formula is C23H29NO3. The number of carbonyl (C=O) groups excluding carboxylic acids is 1. The minimum atomic E-state index is 0.0800. The van der Waals surface area contributed by atoms with Crippen LogP contribution >= 0.6 is 0 Å². The van der Waals surface area contributed by atoms with Crippen molar-refractivity contribution in [1.82, 2.24) is 4.90 Å². The lowest BCUT2D eigenvalue weighted by molar-refractivity contribution is 0.0736. The minimum absolute atomic E-state index is 0.0800. The predicted molar refractivity (Wildman–Crippen MR) is 108 cm³/mol. The molecule has 1 heterocycles. The first-order chi connectivity index (χ1) is 13.2. The van der Waals surface area contributed by atoms with Crippen LogP contribution in [-0.4, -0.2) is 36.6 Å². The lowest BCUT2D eigenvalue weighted by atomic mass is 10.0. The SMILES string of the molecule is CCCOc1ccc(C(=O)N2CCCC2Cc2ccccc2)cc1OCC. The molecule has 0 aliphatic carbocycles. The number of carbonyl (C=O) groups is 1. The minimum Gasteiger partial charge on any atom is -0.490 e. The Labute approximate surface area is 162 Å². The second-order valence-corrected chi connectivity index (χ2v) is 6.93. The fourth-order valence-electron chi connectivity index (χ4n) is 3.61. The van der Waals surface area contributed by atoms with E-state index in [9.17, 15) is 4.79 Å². The first-order valence-corrected chi connectivity index (χ1v) is 9.97. The summed E-state index contributed by atoms with van der Waals surface area (Å²) < 4.78 is 11.5. The molecule has 0 aromatic heterocycles. The Morgan fingerprint density at radius 3 is 2.63 bits per heavy atom. The summed E-state index contributed by atoms with van der Waals surface area (Å²) in [5, 5.41) is 0. The molecule has 4 heteroatoms. The maximum atomic E-state index is 13.2. The smallest absolute Gasteiger partial charge is 0.254 e. The molecule has 27 heavy (non-hydrogen) atoms. The van der Waals surface area contributed by atoms with E-state index < -0.39 is 0 Å². The van der Waals surface area contributed by atoms with E-state index in [4.69, 9.17) is 9.47 Å². The van der Waals surface area contributed by atoms with Crippen LogP contribution in [0.15, 0.2) is 48.5 Å². The van der Waals surface area contributed by atoms with Crippen molar-refractivity contribution in [3.63, 3.8) is 0 Å². The molecule has 1 aliphatic rings. The third-order valence-corrected chi connectivity index (χ3v) is 4.90. The highest BCUT2D eigenvalue weighted by Crippen LogP contribution is 2.31. The molecular weight excluding hydrogens is 338 g/mol. The van der Waals surface area contributed by atoms with Crippen molar-refractivity contribution in [2.75, 3.05) is 19.8 Å². The third-order valence-electron chi connectivity index (χ3n) is 4.90. The Kier molecular flexibility index (Phi) is 6.74. The maximum absolute atomic E-state index is 13.2. The first-order valence-electron chi connectivity index (χ1n) is 9.97. The van der Waals surface area contributed by atoms with Crippen molar-refractivity contribution in [3.8, 4) is 11.5 Å². The van der Waals surface area contributed by atoms with Crippen molar-refractivity contribution in [2.24, 2.45) is 0 Å². The van der Waals surface area contributed by atoms with Crippen LogP contribution in [0.1, 0.15) is 49.0 Å². The summed E-state index contributed by atoms with van der Waals surface area (Å²) in [6.07, 6.45) is 3.94. The van der Waals surface area contributed by atoms with Crippen molar-refractivity contribution in [3.05, 3.63) is 59.7 Å². The molecule has 0 bridgehead atoms. The Hall–Kier alpha value is -2.49. The summed E-state index contributed by atoms with van der Waals surface area (Å²) in [4.78, 5) is 15.2. The summed E-state index contributed by atoms with van der Waals surface area (Å²) in [6.45, 7) is 6.00. The average molecular weight is 367 g/mol. The van der Waals surface area contributed by atoms with E-state index in [1.807, 2.05) is 36.1 Å². The van der Waals surface area contributed by atoms with E-state index in [0.717, 1.165) is 32.2 Å². The van der Waals surface area contributed by atoms with Crippen LogP contribution in [0.2, 0.25) is 0 Å². The average Bonchev–Trinajstić information content (AvgIpc) is 3.15. The van der Waals surface area contributed by atoms with Crippen LogP contribution in [0.5, 0.6) is 11.5 Å². The van der Waals surface area contributed by atoms with Gasteiger partial charge in [0.05, 0.1) is 13.2 Å². The zero-order valence-electron chi connectivity index (χ0n) is 16.3. The Morgan fingerprint density at radius 2 is 1.89 bits per heavy atom. The summed E-state index contributed by atoms with van der Waals surface area (Å²) in [6, 6.07) is 16.2. The number of likely N-dealkylation sites (tertiary alicyclic amines) is 1. The maximum Gasteiger partial charge on any atom is 0.254 e. The number of ether oxygens (including phenoxy) is 2. The lowest BCUT2D eigenvalue weighted by Crippen LogP contribution is -2.36. The molecule has 1 aliphatic heterocycles. The summed E-state index contributed by atoms with van der Waals surface area (Å²) in [7, 11) is 0. The number of amides is 1. The van der Waals surface area contributed by atoms with Gasteiger partial charge in [0.2, 0.25) is 0 Å². The highest BCUT2D eigenvalue weighted by Gasteiger charge is 2.30. The molecule has 144 valence electrons. The van der Waals surface area contributed by atoms with Crippen LogP contribution in [-0.2, 0) is 6.42 Å². The third kappa shape index (κ3) is 4.82. The van der Waals surface area contributed by atoms with Crippen molar-refractivity contribution >= 4 is 5.91 Å². The standard InChI is InChI=1S/C23H29NO3/c1-3-15-27-21-13-12-19(17-22(21)26-4-2)23(25)24-14-8-11-20(24)16-18-9-6-5-7-10-18/h5-7,9-10,12-13,17,20H,3-4,8,11,14-16H2,1-2H3. The number of hydrogen-bond acceptors (Lipinski definition) is 3. The van der Waals surface area contributed by atoms with E-state index in [0.29, 0.717) is 30.3 Å². The first kappa shape index (κ1) is 19.3. The van der Waals surface area contributed by atoms with Gasteiger partial charge in [-0.15, -0.1) is 0 Å². The number of nitrogens with zero attached hydrogens (tertiary/aromatic N) is 1. The predicted octanol–water partition coefficient (Wildman–Crippen LogP) is 4.72. The van der Waals surface area contributed by atoms with Gasteiger partial charge in [-0.25, -0.2) is 0 Å². The molecule has 4 nitrogen and oxygen atoms in total. The van der Waals surface area contributed by atoms with E-state index in [-0.39, 0.29) is 11.9 Å². The second-order valence-electron chi connectivity index (χ2n) is 6.93. The van der Waals surface area contributed by atoms with Crippen LogP contribution < -0.4 is 9.47 Å². The van der Waals surface area contributed by atoms with Gasteiger partial charge in [-0.3, -0.25) is 4.79 Å². The normalized spacial score (nSPS) is 16.4. The summed E-state index contributed by atoms with van der Waals surface area (Å²) in [5.74, 6) is 1.43. The van der Waals surface area contributed by atoms with Gasteiger partial charge in [-0.05, 0) is 56.4 Å². The molecule has 3 rings (SSSR count). The Balaban J connectivity index is 1.76. The Morgan fingerprint density at radius 1 is 1.07 bits per heavy atom. The van der Waals surface area contributed by atoms with Crippen LogP contribution in [0.25, 0.3) is 0 Å². The van der Waals surface area contributed by atoms with Gasteiger partial charge in [0.15, 0.2) is 11.5 Å². The zero-order valence-corrected chi connectivity index (χ0v) is 16.3. The molecule has 1 unspecified atom stereocenters. The quantitative estimate of drug-likeness (QED) is 0.677. The highest BCUT2D eigenvalue weighted by molar-refractivity contribution is 5.95. The molecule has 0 radical (unpaired) electrons. The molecule has 0 saturated carbocycles. The fourth-order valence-corrected chi connectivity index (χ4v) is 3.61. The molecule has 2 aromatic rings. The van der Waals surface area contributed by atoms with Gasteiger partial charge >= 0.3 is 0 Å². The Bertz CT molecular complexity index is 745. The number of hydrogen-bond donors (Lipinski definition) is 0. The molecule has 1 amide bonds. The number of benzene rings is 2. The van der Waals surface area contributed by atoms with Crippen molar-refractivity contribution in [2.45, 2.75) is 45.6 Å². The van der Waals surface area contributed by atoms with Gasteiger partial charge in [0.25, 0.3) is 5.91 Å².